The van der Waals surface area contributed by atoms with Crippen molar-refractivity contribution in [2.24, 2.45) is 23.7 Å². The van der Waals surface area contributed by atoms with E-state index in [-0.39, 0.29) is 36.2 Å². The topological polar surface area (TPSA) is 149 Å². The molecule has 1 aliphatic heterocycles. The molecule has 0 radical (unpaired) electrons. The first-order valence-electron chi connectivity index (χ1n) is 14.8. The summed E-state index contributed by atoms with van der Waals surface area (Å²) in [5.41, 5.74) is -0.719. The third kappa shape index (κ3) is 9.09. The van der Waals surface area contributed by atoms with Crippen molar-refractivity contribution < 1.29 is 38.2 Å². The predicted molar refractivity (Wildman–Crippen MR) is 146 cm³/mol. The highest BCUT2D eigenvalue weighted by molar-refractivity contribution is 5.94. The molecule has 40 heavy (non-hydrogen) atoms. The average molecular weight is 566 g/mol. The van der Waals surface area contributed by atoms with Crippen molar-refractivity contribution in [1.29, 1.82) is 0 Å². The Morgan fingerprint density at radius 3 is 2.33 bits per heavy atom. The van der Waals surface area contributed by atoms with Gasteiger partial charge < -0.3 is 30.2 Å². The molecule has 1 heterocycles. The second kappa shape index (κ2) is 13.7. The van der Waals surface area contributed by atoms with E-state index in [2.05, 4.69) is 16.0 Å². The number of nitrogens with one attached hydrogen (secondary N) is 3. The molecule has 1 saturated heterocycles. The Morgan fingerprint density at radius 1 is 1.05 bits per heavy atom. The maximum atomic E-state index is 13.1. The minimum absolute atomic E-state index is 0.0433. The maximum Gasteiger partial charge on any atom is 0.408 e. The molecule has 3 amide bonds. The van der Waals surface area contributed by atoms with Crippen molar-refractivity contribution in [2.45, 2.75) is 123 Å². The lowest BCUT2D eigenvalue weighted by Gasteiger charge is -2.37. The molecule has 3 N–H and O–H groups in total. The SMILES string of the molecule is CCC(C)C1C(=O)OC1C(=O)NC1CC1CC(NC(=O)C(C)NC(=O)OC(C)(C)C)C(=O)OCC1CCCCC1. The zero-order valence-corrected chi connectivity index (χ0v) is 24.7. The quantitative estimate of drug-likeness (QED) is 0.242. The van der Waals surface area contributed by atoms with Gasteiger partial charge >= 0.3 is 18.0 Å². The Balaban J connectivity index is 1.56. The summed E-state index contributed by atoms with van der Waals surface area (Å²) in [6.45, 7) is 10.9. The van der Waals surface area contributed by atoms with Gasteiger partial charge in [-0.1, -0.05) is 39.5 Å². The molecule has 0 bridgehead atoms. The van der Waals surface area contributed by atoms with E-state index in [9.17, 15) is 24.0 Å². The van der Waals surface area contributed by atoms with Crippen LogP contribution in [0.2, 0.25) is 0 Å². The summed E-state index contributed by atoms with van der Waals surface area (Å²) in [7, 11) is 0. The molecule has 0 aromatic heterocycles. The number of rotatable bonds is 12. The molecule has 226 valence electrons. The highest BCUT2D eigenvalue weighted by atomic mass is 16.6. The molecular formula is C29H47N3O8. The van der Waals surface area contributed by atoms with Crippen LogP contribution in [0.4, 0.5) is 4.79 Å². The van der Waals surface area contributed by atoms with Gasteiger partial charge in [0.2, 0.25) is 5.91 Å². The Morgan fingerprint density at radius 2 is 1.73 bits per heavy atom. The van der Waals surface area contributed by atoms with E-state index in [1.807, 2.05) is 13.8 Å². The molecule has 7 atom stereocenters. The number of hydrogen-bond acceptors (Lipinski definition) is 8. The zero-order chi connectivity index (χ0) is 29.6. The smallest absolute Gasteiger partial charge is 0.408 e. The van der Waals surface area contributed by atoms with Crippen molar-refractivity contribution in [1.82, 2.24) is 16.0 Å². The molecule has 3 rings (SSSR count). The summed E-state index contributed by atoms with van der Waals surface area (Å²) < 4.78 is 16.0. The number of carbonyl (C=O) groups excluding carboxylic acids is 5. The van der Waals surface area contributed by atoms with Gasteiger partial charge in [0, 0.05) is 6.04 Å². The van der Waals surface area contributed by atoms with E-state index in [4.69, 9.17) is 14.2 Å². The van der Waals surface area contributed by atoms with Crippen molar-refractivity contribution in [2.75, 3.05) is 6.61 Å². The summed E-state index contributed by atoms with van der Waals surface area (Å²) in [6, 6.07) is -2.06. The Labute approximate surface area is 237 Å². The number of alkyl carbamates (subject to hydrolysis) is 1. The van der Waals surface area contributed by atoms with Crippen LogP contribution in [0.25, 0.3) is 0 Å². The van der Waals surface area contributed by atoms with Crippen molar-refractivity contribution in [3.63, 3.8) is 0 Å². The van der Waals surface area contributed by atoms with Crippen LogP contribution in [0.15, 0.2) is 0 Å². The van der Waals surface area contributed by atoms with Gasteiger partial charge in [0.05, 0.1) is 6.61 Å². The molecule has 3 aliphatic rings. The minimum atomic E-state index is -0.941. The second-order valence-corrected chi connectivity index (χ2v) is 12.7. The van der Waals surface area contributed by atoms with Crippen LogP contribution < -0.4 is 16.0 Å². The van der Waals surface area contributed by atoms with Crippen LogP contribution in [0.5, 0.6) is 0 Å². The number of hydrogen-bond donors (Lipinski definition) is 3. The van der Waals surface area contributed by atoms with E-state index < -0.39 is 47.7 Å². The standard InChI is InChI=1S/C29H47N3O8/c1-7-16(2)22-23(39-27(22)36)25(34)31-20-13-19(20)14-21(26(35)38-15-18-11-9-8-10-12-18)32-24(33)17(3)30-28(37)40-29(4,5)6/h16-23H,7-15H2,1-6H3,(H,30,37)(H,31,34)(H,32,33). The molecule has 2 saturated carbocycles. The van der Waals surface area contributed by atoms with Gasteiger partial charge in [0.25, 0.3) is 5.91 Å². The lowest BCUT2D eigenvalue weighted by Crippen LogP contribution is -2.56. The van der Waals surface area contributed by atoms with Gasteiger partial charge in [-0.05, 0) is 71.1 Å². The second-order valence-electron chi connectivity index (χ2n) is 12.7. The van der Waals surface area contributed by atoms with Crippen molar-refractivity contribution >= 4 is 29.8 Å². The zero-order valence-electron chi connectivity index (χ0n) is 24.7. The number of ether oxygens (including phenoxy) is 3. The lowest BCUT2D eigenvalue weighted by atomic mass is 9.83. The molecule has 11 nitrogen and oxygen atoms in total. The van der Waals surface area contributed by atoms with Gasteiger partial charge in [-0.15, -0.1) is 0 Å². The largest absolute Gasteiger partial charge is 0.464 e. The molecule has 11 heteroatoms. The Kier molecular flexibility index (Phi) is 10.8. The fourth-order valence-corrected chi connectivity index (χ4v) is 5.30. The fraction of sp³-hybridized carbons (Fsp3) is 0.828. The summed E-state index contributed by atoms with van der Waals surface area (Å²) in [5, 5.41) is 8.16. The number of cyclic esters (lactones) is 1. The number of carbonyl (C=O) groups is 5. The van der Waals surface area contributed by atoms with Crippen LogP contribution in [-0.4, -0.2) is 66.3 Å². The van der Waals surface area contributed by atoms with Gasteiger partial charge in [0.15, 0.2) is 6.10 Å². The summed E-state index contributed by atoms with van der Waals surface area (Å²) in [4.78, 5) is 62.8. The van der Waals surface area contributed by atoms with Crippen molar-refractivity contribution in [3.8, 4) is 0 Å². The summed E-state index contributed by atoms with van der Waals surface area (Å²) >= 11 is 0. The number of amides is 3. The third-order valence-electron chi connectivity index (χ3n) is 8.06. The summed E-state index contributed by atoms with van der Waals surface area (Å²) in [6.07, 6.45) is 5.61. The molecule has 2 aliphatic carbocycles. The van der Waals surface area contributed by atoms with E-state index in [1.165, 1.54) is 13.3 Å². The van der Waals surface area contributed by atoms with Crippen LogP contribution in [0.3, 0.4) is 0 Å². The fourth-order valence-electron chi connectivity index (χ4n) is 5.30. The van der Waals surface area contributed by atoms with Crippen LogP contribution >= 0.6 is 0 Å². The highest BCUT2D eigenvalue weighted by Gasteiger charge is 2.51. The highest BCUT2D eigenvalue weighted by Crippen LogP contribution is 2.37. The molecule has 0 aromatic carbocycles. The van der Waals surface area contributed by atoms with Crippen LogP contribution in [0, 0.1) is 23.7 Å². The van der Waals surface area contributed by atoms with Gasteiger partial charge in [-0.3, -0.25) is 14.4 Å². The average Bonchev–Trinajstić information content (AvgIpc) is 3.60. The van der Waals surface area contributed by atoms with E-state index >= 15 is 0 Å². The monoisotopic (exact) mass is 565 g/mol. The normalized spacial score (nSPS) is 26.7. The van der Waals surface area contributed by atoms with Gasteiger partial charge in [0.1, 0.15) is 23.6 Å². The molecule has 0 aromatic rings. The minimum Gasteiger partial charge on any atom is -0.464 e. The van der Waals surface area contributed by atoms with E-state index in [0.717, 1.165) is 32.1 Å². The lowest BCUT2D eigenvalue weighted by molar-refractivity contribution is -0.193. The third-order valence-corrected chi connectivity index (χ3v) is 8.06. The number of esters is 2. The molecule has 3 fully saturated rings. The van der Waals surface area contributed by atoms with Crippen LogP contribution in [0.1, 0.15) is 92.9 Å². The Hall–Kier alpha value is -2.85. The molecule has 0 spiro atoms. The molecular weight excluding hydrogens is 518 g/mol. The van der Waals surface area contributed by atoms with E-state index in [0.29, 0.717) is 18.9 Å². The summed E-state index contributed by atoms with van der Waals surface area (Å²) in [5.74, 6) is -1.87. The van der Waals surface area contributed by atoms with Gasteiger partial charge in [-0.25, -0.2) is 9.59 Å². The van der Waals surface area contributed by atoms with Crippen molar-refractivity contribution in [3.05, 3.63) is 0 Å². The maximum absolute atomic E-state index is 13.1. The Bertz CT molecular complexity index is 942. The first-order valence-corrected chi connectivity index (χ1v) is 14.8. The van der Waals surface area contributed by atoms with E-state index in [1.54, 1.807) is 20.8 Å². The first-order chi connectivity index (χ1) is 18.8. The molecule has 7 unspecified atom stereocenters. The van der Waals surface area contributed by atoms with Gasteiger partial charge in [-0.2, -0.15) is 0 Å². The predicted octanol–water partition coefficient (Wildman–Crippen LogP) is 2.99. The first kappa shape index (κ1) is 31.7. The van der Waals surface area contributed by atoms with Crippen LogP contribution in [-0.2, 0) is 33.4 Å².